The van der Waals surface area contributed by atoms with E-state index in [1.54, 1.807) is 0 Å². The molecule has 0 aliphatic carbocycles. The minimum atomic E-state index is -1.60. The minimum Gasteiger partial charge on any atom is -0.342 e. The summed E-state index contributed by atoms with van der Waals surface area (Å²) in [7, 11) is -1.60. The van der Waals surface area contributed by atoms with Crippen LogP contribution in [0.3, 0.4) is 0 Å². The van der Waals surface area contributed by atoms with Crippen LogP contribution in [0.25, 0.3) is 0 Å². The normalized spacial score (nSPS) is 10.3. The largest absolute Gasteiger partial charge is 0.342 e. The zero-order valence-electron chi connectivity index (χ0n) is 4.15. The first kappa shape index (κ1) is 5.74. The molecular formula is C4H9NSi. The third-order valence-corrected chi connectivity index (χ3v) is 1.12. The lowest BCUT2D eigenvalue weighted by atomic mass is 11.4. The van der Waals surface area contributed by atoms with Crippen molar-refractivity contribution in [2.45, 2.75) is 13.1 Å². The number of hydrogen-bond donors (Lipinski definition) is 1. The Morgan fingerprint density at radius 1 is 1.67 bits per heavy atom. The topological polar surface area (TPSA) is 26.0 Å². The van der Waals surface area contributed by atoms with Crippen LogP contribution in [-0.4, -0.2) is 8.24 Å². The SMILES string of the molecule is C#C[Si](C)(C)N. The highest BCUT2D eigenvalue weighted by Gasteiger charge is 2.06. The van der Waals surface area contributed by atoms with Gasteiger partial charge in [-0.05, 0) is 13.1 Å². The van der Waals surface area contributed by atoms with Gasteiger partial charge in [0.2, 0.25) is 0 Å². The van der Waals surface area contributed by atoms with Crippen molar-refractivity contribution in [1.82, 2.24) is 0 Å². The second-order valence-corrected chi connectivity index (χ2v) is 5.60. The third-order valence-electron chi connectivity index (χ3n) is 0.372. The lowest BCUT2D eigenvalue weighted by molar-refractivity contribution is 1.66. The Balaban J connectivity index is 3.55. The van der Waals surface area contributed by atoms with Crippen LogP contribution in [0.1, 0.15) is 0 Å². The molecule has 0 saturated heterocycles. The van der Waals surface area contributed by atoms with Gasteiger partial charge >= 0.3 is 0 Å². The van der Waals surface area contributed by atoms with E-state index in [0.29, 0.717) is 0 Å². The quantitative estimate of drug-likeness (QED) is 0.343. The molecule has 0 aromatic rings. The second kappa shape index (κ2) is 1.46. The summed E-state index contributed by atoms with van der Waals surface area (Å²) in [6.45, 7) is 3.85. The minimum absolute atomic E-state index is 1.60. The van der Waals surface area contributed by atoms with Gasteiger partial charge in [0, 0.05) is 0 Å². The van der Waals surface area contributed by atoms with E-state index in [0.717, 1.165) is 0 Å². The highest BCUT2D eigenvalue weighted by Crippen LogP contribution is 1.83. The van der Waals surface area contributed by atoms with E-state index < -0.39 is 8.24 Å². The van der Waals surface area contributed by atoms with Crippen molar-refractivity contribution < 1.29 is 0 Å². The average molecular weight is 99.2 g/mol. The molecule has 0 aliphatic heterocycles. The van der Waals surface area contributed by atoms with E-state index in [4.69, 9.17) is 11.8 Å². The lowest BCUT2D eigenvalue weighted by Crippen LogP contribution is -2.36. The van der Waals surface area contributed by atoms with E-state index in [9.17, 15) is 0 Å². The Hall–Kier alpha value is -0.263. The summed E-state index contributed by atoms with van der Waals surface area (Å²) >= 11 is 0. The maximum atomic E-state index is 5.44. The van der Waals surface area contributed by atoms with Crippen molar-refractivity contribution in [3.8, 4) is 12.0 Å². The first-order valence-electron chi connectivity index (χ1n) is 1.83. The molecule has 0 amide bonds. The second-order valence-electron chi connectivity index (χ2n) is 1.87. The molecule has 1 nitrogen and oxygen atoms in total. The molecule has 0 saturated carbocycles. The highest BCUT2D eigenvalue weighted by atomic mass is 28.3. The predicted octanol–water partition coefficient (Wildman–Crippen LogP) is 0.323. The van der Waals surface area contributed by atoms with Crippen LogP contribution in [0.5, 0.6) is 0 Å². The van der Waals surface area contributed by atoms with Crippen LogP contribution >= 0.6 is 0 Å². The Morgan fingerprint density at radius 3 is 1.83 bits per heavy atom. The van der Waals surface area contributed by atoms with Gasteiger partial charge in [-0.15, -0.1) is 12.0 Å². The molecule has 0 aromatic heterocycles. The number of hydrogen-bond acceptors (Lipinski definition) is 1. The van der Waals surface area contributed by atoms with Crippen LogP contribution in [0.15, 0.2) is 0 Å². The van der Waals surface area contributed by atoms with E-state index in [1.165, 1.54) is 0 Å². The third kappa shape index (κ3) is 3.74. The van der Waals surface area contributed by atoms with Crippen LogP contribution in [-0.2, 0) is 0 Å². The zero-order valence-corrected chi connectivity index (χ0v) is 5.15. The average Bonchev–Trinajstić information content (AvgIpc) is 1.35. The first-order valence-corrected chi connectivity index (χ1v) is 4.90. The Morgan fingerprint density at radius 2 is 1.83 bits per heavy atom. The molecule has 0 bridgehead atoms. The highest BCUT2D eigenvalue weighted by molar-refractivity contribution is 6.82. The summed E-state index contributed by atoms with van der Waals surface area (Å²) < 4.78 is 0. The summed E-state index contributed by atoms with van der Waals surface area (Å²) in [5, 5.41) is 5.44. The Bertz CT molecular complexity index is 74.5. The molecule has 6 heavy (non-hydrogen) atoms. The molecule has 0 radical (unpaired) electrons. The van der Waals surface area contributed by atoms with Gasteiger partial charge in [0.05, 0.1) is 0 Å². The van der Waals surface area contributed by atoms with Gasteiger partial charge in [-0.25, -0.2) is 0 Å². The van der Waals surface area contributed by atoms with Gasteiger partial charge in [0.1, 0.15) is 0 Å². The van der Waals surface area contributed by atoms with Crippen molar-refractivity contribution in [1.29, 1.82) is 0 Å². The molecule has 0 heterocycles. The van der Waals surface area contributed by atoms with Crippen molar-refractivity contribution >= 4 is 8.24 Å². The maximum Gasteiger partial charge on any atom is 0.199 e. The molecule has 0 aromatic carbocycles. The van der Waals surface area contributed by atoms with Crippen LogP contribution in [0, 0.1) is 12.0 Å². The van der Waals surface area contributed by atoms with Crippen LogP contribution < -0.4 is 5.40 Å². The lowest BCUT2D eigenvalue weighted by Gasteiger charge is -2.00. The first-order chi connectivity index (χ1) is 2.56. The molecule has 34 valence electrons. The molecule has 0 spiro atoms. The smallest absolute Gasteiger partial charge is 0.199 e. The summed E-state index contributed by atoms with van der Waals surface area (Å²) in [4.78, 5) is 0. The predicted molar refractivity (Wildman–Crippen MR) is 30.5 cm³/mol. The van der Waals surface area contributed by atoms with E-state index >= 15 is 0 Å². The Kier molecular flexibility index (Phi) is 1.39. The molecule has 0 unspecified atom stereocenters. The molecule has 2 heteroatoms. The van der Waals surface area contributed by atoms with Gasteiger partial charge in [-0.2, -0.15) is 0 Å². The fourth-order valence-electron chi connectivity index (χ4n) is 0. The van der Waals surface area contributed by atoms with Crippen molar-refractivity contribution in [3.05, 3.63) is 0 Å². The van der Waals surface area contributed by atoms with Crippen LogP contribution in [0.2, 0.25) is 13.1 Å². The van der Waals surface area contributed by atoms with Gasteiger partial charge in [0.25, 0.3) is 0 Å². The fourth-order valence-corrected chi connectivity index (χ4v) is 0. The number of terminal acetylenes is 1. The molecule has 0 fully saturated rings. The number of rotatable bonds is 0. The zero-order chi connectivity index (χ0) is 5.21. The van der Waals surface area contributed by atoms with Crippen molar-refractivity contribution in [2.75, 3.05) is 0 Å². The standard InChI is InChI=1S/C4H9NSi/c1-4-6(2,3)5/h1H,5H2,2-3H3. The van der Waals surface area contributed by atoms with Gasteiger partial charge in [0.15, 0.2) is 8.24 Å². The molecule has 0 aliphatic rings. The van der Waals surface area contributed by atoms with Gasteiger partial charge < -0.3 is 5.40 Å². The van der Waals surface area contributed by atoms with Crippen molar-refractivity contribution in [3.63, 3.8) is 0 Å². The summed E-state index contributed by atoms with van der Waals surface area (Å²) in [5.74, 6) is 0. The number of nitrogens with two attached hydrogens (primary N) is 1. The molecule has 2 N–H and O–H groups in total. The van der Waals surface area contributed by atoms with E-state index in [-0.39, 0.29) is 0 Å². The van der Waals surface area contributed by atoms with Gasteiger partial charge in [-0.3, -0.25) is 0 Å². The van der Waals surface area contributed by atoms with Crippen molar-refractivity contribution in [2.24, 2.45) is 5.40 Å². The monoisotopic (exact) mass is 99.1 g/mol. The molecule has 0 rings (SSSR count). The van der Waals surface area contributed by atoms with Gasteiger partial charge in [-0.1, -0.05) is 0 Å². The Labute approximate surface area is 39.6 Å². The molecular weight excluding hydrogens is 90.1 g/mol. The summed E-state index contributed by atoms with van der Waals surface area (Å²) in [6.07, 6.45) is 4.99. The van der Waals surface area contributed by atoms with E-state index in [1.807, 2.05) is 13.1 Å². The maximum absolute atomic E-state index is 5.44. The summed E-state index contributed by atoms with van der Waals surface area (Å²) in [6, 6.07) is 0. The van der Waals surface area contributed by atoms with E-state index in [2.05, 4.69) is 5.54 Å². The summed E-state index contributed by atoms with van der Waals surface area (Å²) in [5.41, 5.74) is 2.52. The molecule has 0 atom stereocenters. The van der Waals surface area contributed by atoms with Crippen LogP contribution in [0.4, 0.5) is 0 Å². The fraction of sp³-hybridized carbons (Fsp3) is 0.500.